The maximum atomic E-state index is 14.1. The molecule has 3 N–H and O–H groups in total. The van der Waals surface area contributed by atoms with Crippen LogP contribution in [-0.4, -0.2) is 71.7 Å². The first-order chi connectivity index (χ1) is 18.7. The van der Waals surface area contributed by atoms with Gasteiger partial charge in [-0.3, -0.25) is 10.1 Å². The summed E-state index contributed by atoms with van der Waals surface area (Å²) >= 11 is 0. The molecule has 1 aliphatic rings. The largest absolute Gasteiger partial charge is 0.407 e. The summed E-state index contributed by atoms with van der Waals surface area (Å²) in [6, 6.07) is 8.85. The Kier molecular flexibility index (Phi) is 10.8. The van der Waals surface area contributed by atoms with Crippen LogP contribution >= 0.6 is 0 Å². The summed E-state index contributed by atoms with van der Waals surface area (Å²) in [6.45, 7) is 8.89. The first-order valence-electron chi connectivity index (χ1n) is 13.3. The predicted octanol–water partition coefficient (Wildman–Crippen LogP) is 4.15. The van der Waals surface area contributed by atoms with Crippen LogP contribution in [0.1, 0.15) is 38.8 Å². The third-order valence-electron chi connectivity index (χ3n) is 6.60. The van der Waals surface area contributed by atoms with Gasteiger partial charge in [0.1, 0.15) is 6.04 Å². The Hall–Kier alpha value is -2.83. The highest BCUT2D eigenvalue weighted by molar-refractivity contribution is 7.90. The molecule has 12 heteroatoms. The van der Waals surface area contributed by atoms with E-state index in [1.54, 1.807) is 6.92 Å². The Bertz CT molecular complexity index is 1200. The fraction of sp³-hybridized carbons (Fsp3) is 0.536. The minimum absolute atomic E-state index is 0.0526. The smallest absolute Gasteiger partial charge is 0.383 e. The molecule has 0 spiro atoms. The predicted molar refractivity (Wildman–Crippen MR) is 150 cm³/mol. The van der Waals surface area contributed by atoms with Crippen molar-refractivity contribution < 1.29 is 31.1 Å². The van der Waals surface area contributed by atoms with Crippen molar-refractivity contribution in [1.82, 2.24) is 10.6 Å². The van der Waals surface area contributed by atoms with Gasteiger partial charge in [0.25, 0.3) is 0 Å². The van der Waals surface area contributed by atoms with Crippen molar-refractivity contribution in [1.29, 1.82) is 0 Å². The second-order valence-electron chi connectivity index (χ2n) is 10.6. The van der Waals surface area contributed by atoms with E-state index in [0.29, 0.717) is 19.8 Å². The number of nitrogens with one attached hydrogen (secondary N) is 3. The number of benzene rings is 2. The Morgan fingerprint density at radius 3 is 2.12 bits per heavy atom. The van der Waals surface area contributed by atoms with Crippen molar-refractivity contribution in [2.24, 2.45) is 5.92 Å². The molecule has 8 nitrogen and oxygen atoms in total. The maximum Gasteiger partial charge on any atom is 0.407 e. The molecule has 1 saturated heterocycles. The average Bonchev–Trinajstić information content (AvgIpc) is 2.89. The summed E-state index contributed by atoms with van der Waals surface area (Å²) in [4.78, 5) is 15.3. The van der Waals surface area contributed by atoms with Gasteiger partial charge >= 0.3 is 6.18 Å². The molecule has 0 saturated carbocycles. The van der Waals surface area contributed by atoms with Crippen molar-refractivity contribution in [2.45, 2.75) is 56.4 Å². The minimum Gasteiger partial charge on any atom is -0.383 e. The number of ether oxygens (including phenoxy) is 1. The van der Waals surface area contributed by atoms with Crippen molar-refractivity contribution in [2.75, 3.05) is 49.3 Å². The number of carbonyl (C=O) groups is 1. The fourth-order valence-corrected chi connectivity index (χ4v) is 5.12. The van der Waals surface area contributed by atoms with E-state index >= 15 is 0 Å². The van der Waals surface area contributed by atoms with Crippen LogP contribution in [0.4, 0.5) is 24.5 Å². The average molecular weight is 585 g/mol. The molecular formula is C28H39F3N4O4S. The molecule has 3 atom stereocenters. The molecule has 0 aromatic heterocycles. The maximum absolute atomic E-state index is 14.1. The van der Waals surface area contributed by atoms with Crippen LogP contribution in [0.25, 0.3) is 0 Å². The fourth-order valence-electron chi connectivity index (χ4n) is 4.49. The van der Waals surface area contributed by atoms with Gasteiger partial charge in [0.05, 0.1) is 24.2 Å². The lowest BCUT2D eigenvalue weighted by Crippen LogP contribution is -2.52. The SMILES string of the molecule is CC(C)C[C@H](N[C@@H](c1ccc(S(C)(=O)=O)cc1)C(F)(F)F)C(=O)N[C@@H](C)CNc1ccc(N2CCOCC2)cc1. The first kappa shape index (κ1) is 31.7. The number of halogens is 3. The normalized spacial score (nSPS) is 16.9. The number of rotatable bonds is 12. The molecule has 1 fully saturated rings. The summed E-state index contributed by atoms with van der Waals surface area (Å²) in [5, 5.41) is 8.58. The molecule has 1 amide bonds. The molecule has 40 heavy (non-hydrogen) atoms. The van der Waals surface area contributed by atoms with Gasteiger partial charge in [-0.05, 0) is 61.2 Å². The number of hydrogen-bond acceptors (Lipinski definition) is 7. The van der Waals surface area contributed by atoms with E-state index in [9.17, 15) is 26.4 Å². The lowest BCUT2D eigenvalue weighted by Gasteiger charge is -2.29. The van der Waals surface area contributed by atoms with Crippen LogP contribution in [0.15, 0.2) is 53.4 Å². The number of amides is 1. The third kappa shape index (κ3) is 9.38. The van der Waals surface area contributed by atoms with Gasteiger partial charge in [-0.2, -0.15) is 13.2 Å². The molecule has 0 unspecified atom stereocenters. The van der Waals surface area contributed by atoms with Crippen molar-refractivity contribution in [3.63, 3.8) is 0 Å². The minimum atomic E-state index is -4.71. The summed E-state index contributed by atoms with van der Waals surface area (Å²) in [6.07, 6.45) is -3.54. The lowest BCUT2D eigenvalue weighted by atomic mass is 9.99. The molecule has 222 valence electrons. The van der Waals surface area contributed by atoms with E-state index in [0.717, 1.165) is 55.0 Å². The van der Waals surface area contributed by atoms with Crippen LogP contribution in [0.5, 0.6) is 0 Å². The second-order valence-corrected chi connectivity index (χ2v) is 12.6. The summed E-state index contributed by atoms with van der Waals surface area (Å²) in [5.41, 5.74) is 1.80. The topological polar surface area (TPSA) is 99.8 Å². The molecule has 1 heterocycles. The molecule has 2 aromatic rings. The summed E-state index contributed by atoms with van der Waals surface area (Å²) in [5.74, 6) is -0.587. The van der Waals surface area contributed by atoms with Crippen molar-refractivity contribution in [3.8, 4) is 0 Å². The number of hydrogen-bond donors (Lipinski definition) is 3. The Labute approximate surface area is 234 Å². The van der Waals surface area contributed by atoms with Gasteiger partial charge in [0.15, 0.2) is 9.84 Å². The van der Waals surface area contributed by atoms with Gasteiger partial charge in [-0.15, -0.1) is 0 Å². The van der Waals surface area contributed by atoms with Gasteiger partial charge in [0.2, 0.25) is 5.91 Å². The monoisotopic (exact) mass is 584 g/mol. The second kappa shape index (κ2) is 13.7. The zero-order chi connectivity index (χ0) is 29.5. The molecule has 3 rings (SSSR count). The number of morpholine rings is 1. The van der Waals surface area contributed by atoms with Gasteiger partial charge in [0, 0.05) is 43.3 Å². The van der Waals surface area contributed by atoms with Crippen LogP contribution in [-0.2, 0) is 19.4 Å². The van der Waals surface area contributed by atoms with Gasteiger partial charge < -0.3 is 20.3 Å². The highest BCUT2D eigenvalue weighted by atomic mass is 32.2. The van der Waals surface area contributed by atoms with Crippen LogP contribution in [0.3, 0.4) is 0 Å². The van der Waals surface area contributed by atoms with Gasteiger partial charge in [-0.25, -0.2) is 8.42 Å². The zero-order valence-electron chi connectivity index (χ0n) is 23.3. The number of anilines is 2. The van der Waals surface area contributed by atoms with E-state index in [1.165, 1.54) is 0 Å². The highest BCUT2D eigenvalue weighted by Crippen LogP contribution is 2.34. The van der Waals surface area contributed by atoms with Gasteiger partial charge in [-0.1, -0.05) is 26.0 Å². The molecule has 1 aliphatic heterocycles. The van der Waals surface area contributed by atoms with Crippen LogP contribution in [0.2, 0.25) is 0 Å². The molecule has 0 aliphatic carbocycles. The zero-order valence-corrected chi connectivity index (χ0v) is 24.1. The number of nitrogens with zero attached hydrogens (tertiary/aromatic N) is 1. The van der Waals surface area contributed by atoms with Crippen molar-refractivity contribution in [3.05, 3.63) is 54.1 Å². The van der Waals surface area contributed by atoms with E-state index in [1.807, 2.05) is 38.1 Å². The number of sulfone groups is 1. The van der Waals surface area contributed by atoms with Crippen LogP contribution in [0, 0.1) is 5.92 Å². The lowest BCUT2D eigenvalue weighted by molar-refractivity contribution is -0.161. The van der Waals surface area contributed by atoms with Crippen molar-refractivity contribution >= 4 is 27.1 Å². The van der Waals surface area contributed by atoms with E-state index in [4.69, 9.17) is 4.74 Å². The highest BCUT2D eigenvalue weighted by Gasteiger charge is 2.43. The van der Waals surface area contributed by atoms with E-state index < -0.39 is 34.0 Å². The summed E-state index contributed by atoms with van der Waals surface area (Å²) in [7, 11) is -3.56. The Balaban J connectivity index is 1.63. The quantitative estimate of drug-likeness (QED) is 0.345. The molecular weight excluding hydrogens is 545 g/mol. The first-order valence-corrected chi connectivity index (χ1v) is 15.2. The van der Waals surface area contributed by atoms with E-state index in [2.05, 4.69) is 20.9 Å². The number of carbonyl (C=O) groups excluding carboxylic acids is 1. The standard InChI is InChI=1S/C28H39F3N4O4S/c1-19(2)17-25(34-26(28(29,30)31)21-5-11-24(12-6-21)40(4,37)38)27(36)33-20(3)18-32-22-7-9-23(10-8-22)35-13-15-39-16-14-35/h5-12,19-20,25-26,32,34H,13-18H2,1-4H3,(H,33,36)/t20-,25-,26-/m0/s1. The molecule has 2 aromatic carbocycles. The molecule has 0 radical (unpaired) electrons. The Morgan fingerprint density at radius 2 is 1.60 bits per heavy atom. The van der Waals surface area contributed by atoms with E-state index in [-0.39, 0.29) is 28.8 Å². The third-order valence-corrected chi connectivity index (χ3v) is 7.73. The Morgan fingerprint density at radius 1 is 1.00 bits per heavy atom. The van der Waals surface area contributed by atoms with Crippen LogP contribution < -0.4 is 20.9 Å². The number of alkyl halides is 3. The molecule has 0 bridgehead atoms. The summed E-state index contributed by atoms with van der Waals surface area (Å²) < 4.78 is 71.1.